The van der Waals surface area contributed by atoms with Gasteiger partial charge in [-0.3, -0.25) is 4.40 Å². The molecule has 8 nitrogen and oxygen atoms in total. The van der Waals surface area contributed by atoms with Crippen molar-refractivity contribution in [3.05, 3.63) is 65.8 Å². The molecule has 0 aliphatic carbocycles. The molecule has 1 unspecified atom stereocenters. The maximum atomic E-state index is 13.5. The van der Waals surface area contributed by atoms with Gasteiger partial charge in [-0.25, -0.2) is 13.4 Å². The summed E-state index contributed by atoms with van der Waals surface area (Å²) in [4.78, 5) is 5.92. The Balaban J connectivity index is 1.41. The van der Waals surface area contributed by atoms with E-state index in [0.29, 0.717) is 36.8 Å². The topological polar surface area (TPSA) is 82.4 Å². The van der Waals surface area contributed by atoms with Gasteiger partial charge in [0.25, 0.3) is 0 Å². The van der Waals surface area contributed by atoms with Crippen LogP contribution in [-0.4, -0.2) is 62.1 Å². The van der Waals surface area contributed by atoms with Crippen molar-refractivity contribution in [2.45, 2.75) is 30.3 Å². The molecule has 4 aromatic rings. The quantitative estimate of drug-likeness (QED) is 0.302. The normalized spacial score (nSPS) is 16.1. The molecular weight excluding hydrogens is 498 g/mol. The van der Waals surface area contributed by atoms with Gasteiger partial charge in [0, 0.05) is 49.0 Å². The number of methoxy groups -OCH3 is 2. The van der Waals surface area contributed by atoms with E-state index in [1.54, 1.807) is 42.8 Å². The van der Waals surface area contributed by atoms with Gasteiger partial charge >= 0.3 is 0 Å². The Hall–Kier alpha value is -2.92. The smallest absolute Gasteiger partial charge is 0.243 e. The minimum Gasteiger partial charge on any atom is -0.497 e. The summed E-state index contributed by atoms with van der Waals surface area (Å²) >= 11 is 1.53. The third kappa shape index (κ3) is 4.99. The molecule has 1 aliphatic heterocycles. The van der Waals surface area contributed by atoms with E-state index in [1.165, 1.54) is 11.3 Å². The molecule has 0 amide bonds. The van der Waals surface area contributed by atoms with Gasteiger partial charge in [-0.1, -0.05) is 18.2 Å². The fraction of sp³-hybridized carbons (Fsp3) is 0.346. The third-order valence-corrected chi connectivity index (χ3v) is 9.16. The summed E-state index contributed by atoms with van der Waals surface area (Å²) in [6.07, 6.45) is 4.27. The molecule has 5 rings (SSSR count). The highest BCUT2D eigenvalue weighted by Gasteiger charge is 2.29. The zero-order chi connectivity index (χ0) is 25.1. The number of hydrogen-bond donors (Lipinski definition) is 0. The number of fused-ring (bicyclic) bond motifs is 1. The second-order valence-electron chi connectivity index (χ2n) is 8.63. The second kappa shape index (κ2) is 10.6. The molecular formula is C26H29N3O5S2. The molecule has 36 heavy (non-hydrogen) atoms. The molecule has 1 atom stereocenters. The summed E-state index contributed by atoms with van der Waals surface area (Å²) in [5.41, 5.74) is 2.61. The number of thiazole rings is 1. The fourth-order valence-electron chi connectivity index (χ4n) is 4.46. The summed E-state index contributed by atoms with van der Waals surface area (Å²) in [5.74, 6) is 1.43. The van der Waals surface area contributed by atoms with Crippen molar-refractivity contribution in [1.82, 2.24) is 13.7 Å². The first-order chi connectivity index (χ1) is 17.5. The van der Waals surface area contributed by atoms with Gasteiger partial charge in [0.15, 0.2) is 4.96 Å². The zero-order valence-corrected chi connectivity index (χ0v) is 21.9. The van der Waals surface area contributed by atoms with Crippen molar-refractivity contribution in [1.29, 1.82) is 0 Å². The molecule has 0 radical (unpaired) electrons. The SMILES string of the molecule is COc1ccc(OC)c(-c2cn3c(CCN(CC4CCCO4)S(=O)(=O)c4ccccc4)csc3n2)c1. The molecule has 1 saturated heterocycles. The summed E-state index contributed by atoms with van der Waals surface area (Å²) in [5, 5.41) is 2.04. The minimum atomic E-state index is -3.65. The summed E-state index contributed by atoms with van der Waals surface area (Å²) in [6.45, 7) is 1.38. The van der Waals surface area contributed by atoms with Gasteiger partial charge in [-0.2, -0.15) is 4.31 Å². The van der Waals surface area contributed by atoms with Gasteiger partial charge in [-0.15, -0.1) is 11.3 Å². The standard InChI is InChI=1S/C26H29N3O5S2/c1-32-20-10-11-25(33-2)23(15-20)24-17-29-19(18-35-26(29)27-24)12-13-28(16-21-7-6-14-34-21)36(30,31)22-8-4-3-5-9-22/h3-5,8-11,15,17-18,21H,6-7,12-14,16H2,1-2H3. The predicted octanol–water partition coefficient (Wildman–Crippen LogP) is 4.49. The van der Waals surface area contributed by atoms with Crippen molar-refractivity contribution in [3.8, 4) is 22.8 Å². The summed E-state index contributed by atoms with van der Waals surface area (Å²) in [7, 11) is -0.392. The lowest BCUT2D eigenvalue weighted by Gasteiger charge is -2.24. The van der Waals surface area contributed by atoms with Crippen LogP contribution < -0.4 is 9.47 Å². The average molecular weight is 528 g/mol. The number of benzene rings is 2. The molecule has 2 aromatic carbocycles. The van der Waals surface area contributed by atoms with Crippen LogP contribution in [0.2, 0.25) is 0 Å². The first kappa shape index (κ1) is 24.8. The van der Waals surface area contributed by atoms with Crippen LogP contribution in [0, 0.1) is 0 Å². The highest BCUT2D eigenvalue weighted by molar-refractivity contribution is 7.89. The summed E-state index contributed by atoms with van der Waals surface area (Å²) in [6, 6.07) is 14.2. The lowest BCUT2D eigenvalue weighted by atomic mass is 10.1. The number of sulfonamides is 1. The molecule has 190 valence electrons. The second-order valence-corrected chi connectivity index (χ2v) is 11.4. The number of ether oxygens (including phenoxy) is 3. The van der Waals surface area contributed by atoms with Crippen LogP contribution in [0.5, 0.6) is 11.5 Å². The summed E-state index contributed by atoms with van der Waals surface area (Å²) < 4.78 is 47.3. The molecule has 0 bridgehead atoms. The minimum absolute atomic E-state index is 0.0774. The molecule has 1 fully saturated rings. The first-order valence-electron chi connectivity index (χ1n) is 11.8. The van der Waals surface area contributed by atoms with Gasteiger partial charge in [0.1, 0.15) is 11.5 Å². The molecule has 0 spiro atoms. The van der Waals surface area contributed by atoms with E-state index in [9.17, 15) is 8.42 Å². The van der Waals surface area contributed by atoms with Crippen molar-refractivity contribution in [3.63, 3.8) is 0 Å². The number of hydrogen-bond acceptors (Lipinski definition) is 7. The number of imidazole rings is 1. The van der Waals surface area contributed by atoms with E-state index >= 15 is 0 Å². The third-order valence-electron chi connectivity index (χ3n) is 6.40. The van der Waals surface area contributed by atoms with E-state index in [2.05, 4.69) is 0 Å². The Kier molecular flexibility index (Phi) is 7.29. The van der Waals surface area contributed by atoms with Gasteiger partial charge in [0.05, 0.1) is 30.9 Å². The number of aromatic nitrogens is 2. The zero-order valence-electron chi connectivity index (χ0n) is 20.3. The Morgan fingerprint density at radius 3 is 2.72 bits per heavy atom. The van der Waals surface area contributed by atoms with Crippen LogP contribution in [0.4, 0.5) is 0 Å². The Morgan fingerprint density at radius 1 is 1.17 bits per heavy atom. The molecule has 3 heterocycles. The van der Waals surface area contributed by atoms with Crippen LogP contribution in [0.3, 0.4) is 0 Å². The average Bonchev–Trinajstić information content (AvgIpc) is 3.65. The van der Waals surface area contributed by atoms with Gasteiger partial charge in [0.2, 0.25) is 10.0 Å². The molecule has 2 aromatic heterocycles. The van der Waals surface area contributed by atoms with Crippen LogP contribution in [-0.2, 0) is 21.2 Å². The maximum Gasteiger partial charge on any atom is 0.243 e. The van der Waals surface area contributed by atoms with E-state index in [1.807, 2.05) is 40.2 Å². The Morgan fingerprint density at radius 2 is 2.00 bits per heavy atom. The van der Waals surface area contributed by atoms with Crippen molar-refractivity contribution in [2.24, 2.45) is 0 Å². The number of nitrogens with zero attached hydrogens (tertiary/aromatic N) is 3. The van der Waals surface area contributed by atoms with Crippen LogP contribution >= 0.6 is 11.3 Å². The predicted molar refractivity (Wildman–Crippen MR) is 139 cm³/mol. The largest absolute Gasteiger partial charge is 0.497 e. The fourth-order valence-corrected chi connectivity index (χ4v) is 6.86. The Labute approximate surface area is 215 Å². The van der Waals surface area contributed by atoms with Crippen LogP contribution in [0.1, 0.15) is 18.5 Å². The van der Waals surface area contributed by atoms with Crippen molar-refractivity contribution in [2.75, 3.05) is 33.9 Å². The van der Waals surface area contributed by atoms with Crippen molar-refractivity contribution < 1.29 is 22.6 Å². The molecule has 10 heteroatoms. The van der Waals surface area contributed by atoms with Gasteiger partial charge in [-0.05, 0) is 43.2 Å². The first-order valence-corrected chi connectivity index (χ1v) is 14.2. The Bertz CT molecular complexity index is 1430. The van der Waals surface area contributed by atoms with E-state index < -0.39 is 10.0 Å². The molecule has 0 saturated carbocycles. The maximum absolute atomic E-state index is 13.5. The van der Waals surface area contributed by atoms with Crippen molar-refractivity contribution >= 4 is 26.3 Å². The van der Waals surface area contributed by atoms with Gasteiger partial charge < -0.3 is 14.2 Å². The van der Waals surface area contributed by atoms with Crippen LogP contribution in [0.25, 0.3) is 16.2 Å². The van der Waals surface area contributed by atoms with E-state index in [-0.39, 0.29) is 6.10 Å². The molecule has 1 aliphatic rings. The van der Waals surface area contributed by atoms with Crippen LogP contribution in [0.15, 0.2) is 65.0 Å². The van der Waals surface area contributed by atoms with E-state index in [0.717, 1.165) is 40.5 Å². The highest BCUT2D eigenvalue weighted by atomic mass is 32.2. The highest BCUT2D eigenvalue weighted by Crippen LogP contribution is 2.34. The lowest BCUT2D eigenvalue weighted by Crippen LogP contribution is -2.38. The lowest BCUT2D eigenvalue weighted by molar-refractivity contribution is 0.0939. The van der Waals surface area contributed by atoms with E-state index in [4.69, 9.17) is 19.2 Å². The monoisotopic (exact) mass is 527 g/mol. The number of rotatable bonds is 10. The molecule has 0 N–H and O–H groups in total.